The molecule has 1 aromatic carbocycles. The number of ketones is 1. The molecule has 0 spiro atoms. The van der Waals surface area contributed by atoms with E-state index >= 15 is 0 Å². The molecule has 2 unspecified atom stereocenters. The minimum Gasteiger partial charge on any atom is -0.457 e. The van der Waals surface area contributed by atoms with Crippen molar-refractivity contribution in [2.75, 3.05) is 34.9 Å². The van der Waals surface area contributed by atoms with Crippen LogP contribution in [0.1, 0.15) is 86.1 Å². The van der Waals surface area contributed by atoms with Crippen molar-refractivity contribution in [1.29, 1.82) is 0 Å². The van der Waals surface area contributed by atoms with E-state index in [9.17, 15) is 19.5 Å². The predicted molar refractivity (Wildman–Crippen MR) is 225 cm³/mol. The van der Waals surface area contributed by atoms with E-state index in [-0.39, 0.29) is 30.4 Å². The molecule has 4 heterocycles. The van der Waals surface area contributed by atoms with E-state index in [1.54, 1.807) is 21.0 Å². The van der Waals surface area contributed by atoms with Gasteiger partial charge in [0.25, 0.3) is 0 Å². The maximum Gasteiger partial charge on any atom is 0.425 e. The van der Waals surface area contributed by atoms with E-state index in [4.69, 9.17) is 28.5 Å². The fourth-order valence-corrected chi connectivity index (χ4v) is 10.1. The summed E-state index contributed by atoms with van der Waals surface area (Å²) >= 11 is 0. The topological polar surface area (TPSA) is 171 Å². The van der Waals surface area contributed by atoms with Crippen LogP contribution in [0.4, 0.5) is 4.79 Å². The van der Waals surface area contributed by atoms with E-state index in [1.165, 1.54) is 12.1 Å². The Hall–Kier alpha value is -3.73. The zero-order valence-electron chi connectivity index (χ0n) is 37.3. The number of benzene rings is 1. The first-order valence-corrected chi connectivity index (χ1v) is 21.6. The number of fused-ring (bicyclic) bond motifs is 2. The van der Waals surface area contributed by atoms with Gasteiger partial charge in [-0.25, -0.2) is 15.2 Å². The Labute approximate surface area is 354 Å². The highest BCUT2D eigenvalue weighted by Gasteiger charge is 2.63. The number of Topliss-reactive ketones (excluding diaryl/α,β-unsaturated/α-hetero) is 1. The maximum atomic E-state index is 14.5. The van der Waals surface area contributed by atoms with Crippen LogP contribution in [-0.2, 0) is 44.5 Å². The van der Waals surface area contributed by atoms with Gasteiger partial charge < -0.3 is 38.5 Å². The van der Waals surface area contributed by atoms with E-state index in [0.29, 0.717) is 25.1 Å². The molecule has 0 bridgehead atoms. The summed E-state index contributed by atoms with van der Waals surface area (Å²) in [5.41, 5.74) is 3.57. The highest BCUT2D eigenvalue weighted by molar-refractivity contribution is 6.00. The number of esters is 1. The number of carbonyl (C=O) groups excluding carboxylic acids is 3. The van der Waals surface area contributed by atoms with Crippen LogP contribution in [-0.4, -0.2) is 132 Å². The molecule has 1 aromatic heterocycles. The van der Waals surface area contributed by atoms with Crippen LogP contribution in [0.25, 0.3) is 10.9 Å². The molecule has 6 rings (SSSR count). The molecular weight excluding hydrogens is 771 g/mol. The van der Waals surface area contributed by atoms with Crippen molar-refractivity contribution in [1.82, 2.24) is 20.3 Å². The van der Waals surface area contributed by atoms with Crippen molar-refractivity contribution in [3.05, 3.63) is 42.1 Å². The summed E-state index contributed by atoms with van der Waals surface area (Å²) in [6.45, 7) is 13.3. The molecule has 1 amide bonds. The number of carbonyl (C=O) groups is 3. The number of hydrogen-bond acceptors (Lipinski definition) is 14. The van der Waals surface area contributed by atoms with Gasteiger partial charge in [0.2, 0.25) is 0 Å². The summed E-state index contributed by atoms with van der Waals surface area (Å²) in [6, 6.07) is 9.07. The molecular formula is C45H67N5O10. The second-order valence-corrected chi connectivity index (χ2v) is 18.2. The molecule has 13 atom stereocenters. The smallest absolute Gasteiger partial charge is 0.425 e. The molecule has 4 aliphatic rings. The number of rotatable bonds is 11. The first-order valence-electron chi connectivity index (χ1n) is 21.6. The number of aliphatic hydroxyl groups is 1. The van der Waals surface area contributed by atoms with E-state index in [2.05, 4.69) is 21.6 Å². The number of cyclic esters (lactones) is 1. The molecule has 1 saturated carbocycles. The molecule has 3 aliphatic heterocycles. The fraction of sp³-hybridized carbons (Fsp3) is 0.711. The SMILES string of the molecule is CO/N=C1\[C@H](C)C[C@](C)(OC)[C@H](OC2O[C@H](C)C[C@H](N(C)C)[C@H]2O)[C@@H](C)C(=O)[C@@H](C)C(=O)O[C@@H](C2CC2)[C@@]2(C)OC(=O)N(NCCCc3ccnc4ccccc34)C2[C@@H]1C. The third kappa shape index (κ3) is 9.22. The lowest BCUT2D eigenvalue weighted by Gasteiger charge is -2.47. The van der Waals surface area contributed by atoms with E-state index in [1.807, 2.05) is 84.1 Å². The number of nitrogens with one attached hydrogen (secondary N) is 1. The summed E-state index contributed by atoms with van der Waals surface area (Å²) in [7, 11) is 6.83. The number of aryl methyl sites for hydroxylation is 1. The van der Waals surface area contributed by atoms with Crippen molar-refractivity contribution in [3.63, 3.8) is 0 Å². The number of aliphatic hydroxyl groups excluding tert-OH is 1. The number of hydrogen-bond donors (Lipinski definition) is 2. The minimum absolute atomic E-state index is 0.0846. The zero-order valence-corrected chi connectivity index (χ0v) is 37.3. The van der Waals surface area contributed by atoms with Gasteiger partial charge in [0.05, 0.1) is 29.0 Å². The highest BCUT2D eigenvalue weighted by Crippen LogP contribution is 2.48. The number of amides is 1. The molecule has 15 heteroatoms. The quantitative estimate of drug-likeness (QED) is 0.129. The van der Waals surface area contributed by atoms with Gasteiger partial charge in [-0.1, -0.05) is 44.1 Å². The van der Waals surface area contributed by atoms with Crippen LogP contribution in [0.3, 0.4) is 0 Å². The largest absolute Gasteiger partial charge is 0.457 e. The van der Waals surface area contributed by atoms with Crippen molar-refractivity contribution < 1.29 is 48.0 Å². The minimum atomic E-state index is -1.33. The Balaban J connectivity index is 1.36. The number of oxime groups is 1. The number of methoxy groups -OCH3 is 1. The van der Waals surface area contributed by atoms with Gasteiger partial charge in [0, 0.05) is 55.0 Å². The van der Waals surface area contributed by atoms with Crippen LogP contribution in [0.15, 0.2) is 41.7 Å². The molecule has 4 fully saturated rings. The van der Waals surface area contributed by atoms with E-state index < -0.39 is 77.4 Å². The molecule has 0 radical (unpaired) electrons. The Bertz CT molecular complexity index is 1870. The average Bonchev–Trinajstić information content (AvgIpc) is 4.02. The van der Waals surface area contributed by atoms with Crippen molar-refractivity contribution in [2.24, 2.45) is 34.7 Å². The summed E-state index contributed by atoms with van der Waals surface area (Å²) in [4.78, 5) is 54.9. The number of hydrazine groups is 1. The summed E-state index contributed by atoms with van der Waals surface area (Å²) in [5.74, 6) is -4.18. The van der Waals surface area contributed by atoms with Crippen LogP contribution in [0, 0.1) is 29.6 Å². The zero-order chi connectivity index (χ0) is 43.7. The second kappa shape index (κ2) is 18.7. The molecule has 332 valence electrons. The molecule has 1 aliphatic carbocycles. The summed E-state index contributed by atoms with van der Waals surface area (Å²) in [6.07, 6.45) is 0.877. The summed E-state index contributed by atoms with van der Waals surface area (Å²) < 4.78 is 32.0. The van der Waals surface area contributed by atoms with Gasteiger partial charge in [-0.05, 0) is 98.0 Å². The Kier molecular flexibility index (Phi) is 14.3. The summed E-state index contributed by atoms with van der Waals surface area (Å²) in [5, 5.41) is 18.8. The van der Waals surface area contributed by atoms with Crippen LogP contribution < -0.4 is 5.43 Å². The van der Waals surface area contributed by atoms with Gasteiger partial charge in [-0.3, -0.25) is 14.6 Å². The Morgan fingerprint density at radius 2 is 1.75 bits per heavy atom. The lowest BCUT2D eigenvalue weighted by Crippen LogP contribution is -2.62. The molecule has 60 heavy (non-hydrogen) atoms. The monoisotopic (exact) mass is 837 g/mol. The van der Waals surface area contributed by atoms with Crippen LogP contribution >= 0.6 is 0 Å². The number of para-hydroxylation sites is 1. The number of nitrogens with zero attached hydrogens (tertiary/aromatic N) is 4. The second-order valence-electron chi connectivity index (χ2n) is 18.2. The number of likely N-dealkylation sites (N-methyl/N-ethyl adjacent to an activating group) is 1. The normalized spacial score (nSPS) is 37.8. The molecule has 3 saturated heterocycles. The Morgan fingerprint density at radius 3 is 2.42 bits per heavy atom. The lowest BCUT2D eigenvalue weighted by atomic mass is 9.73. The Morgan fingerprint density at radius 1 is 1.03 bits per heavy atom. The fourth-order valence-electron chi connectivity index (χ4n) is 10.1. The van der Waals surface area contributed by atoms with Crippen molar-refractivity contribution in [3.8, 4) is 0 Å². The first kappa shape index (κ1) is 45.8. The lowest BCUT2D eigenvalue weighted by molar-refractivity contribution is -0.295. The van der Waals surface area contributed by atoms with Crippen LogP contribution in [0.2, 0.25) is 0 Å². The predicted octanol–water partition coefficient (Wildman–Crippen LogP) is 5.31. The molecule has 2 aromatic rings. The third-order valence-electron chi connectivity index (χ3n) is 13.5. The number of ether oxygens (including phenoxy) is 5. The number of pyridine rings is 1. The number of aromatic nitrogens is 1. The highest BCUT2D eigenvalue weighted by atomic mass is 16.7. The maximum absolute atomic E-state index is 14.5. The average molecular weight is 838 g/mol. The molecule has 2 N–H and O–H groups in total. The van der Waals surface area contributed by atoms with Gasteiger partial charge >= 0.3 is 12.1 Å². The molecule has 15 nitrogen and oxygen atoms in total. The third-order valence-corrected chi connectivity index (χ3v) is 13.5. The van der Waals surface area contributed by atoms with Crippen molar-refractivity contribution >= 4 is 34.5 Å². The standard InChI is InChI=1S/C45H67N5O10/c1-25-24-44(6,55-10)39(59-42-37(52)34(49(8)9)23-26(2)57-42)28(4)36(51)29(5)41(53)58-40(31-18-19-31)45(7)38(27(3)35(25)48-56-11)50(43(54)60-45)47-21-14-15-30-20-22-46-33-17-13-12-16-32(30)33/h12-13,16-17,20,22,25-29,31,34,37-40,42,47,52H,14-15,18-19,21,23-24H2,1-11H3/b48-35+/t25-,26-,27-,28+,29-,34+,37-,38?,39-,40+,42?,44+,45+/m1/s1. The van der Waals surface area contributed by atoms with Gasteiger partial charge in [0.1, 0.15) is 31.3 Å². The van der Waals surface area contributed by atoms with Gasteiger partial charge in [0.15, 0.2) is 17.7 Å². The van der Waals surface area contributed by atoms with Gasteiger partial charge in [-0.2, -0.15) is 0 Å². The van der Waals surface area contributed by atoms with E-state index in [0.717, 1.165) is 35.7 Å². The van der Waals surface area contributed by atoms with Crippen molar-refractivity contribution in [2.45, 2.75) is 141 Å². The van der Waals surface area contributed by atoms with Gasteiger partial charge in [-0.15, -0.1) is 0 Å². The van der Waals surface area contributed by atoms with Crippen LogP contribution in [0.5, 0.6) is 0 Å². The first-order chi connectivity index (χ1) is 28.4.